The first kappa shape index (κ1) is 19.0. The van der Waals surface area contributed by atoms with Gasteiger partial charge in [-0.2, -0.15) is 0 Å². The number of aliphatic carboxylic acids is 1. The molecule has 3 atom stereocenters. The van der Waals surface area contributed by atoms with Gasteiger partial charge in [0.1, 0.15) is 11.7 Å². The Morgan fingerprint density at radius 1 is 1.33 bits per heavy atom. The zero-order valence-corrected chi connectivity index (χ0v) is 17.2. The van der Waals surface area contributed by atoms with Gasteiger partial charge >= 0.3 is 5.97 Å². The minimum Gasteiger partial charge on any atom is -0.477 e. The van der Waals surface area contributed by atoms with Gasteiger partial charge in [0.15, 0.2) is 0 Å². The maximum Gasteiger partial charge on any atom is 0.352 e. The van der Waals surface area contributed by atoms with E-state index in [1.807, 2.05) is 17.5 Å². The number of carboxylic acids is 1. The Morgan fingerprint density at radius 2 is 2.13 bits per heavy atom. The lowest BCUT2D eigenvalue weighted by atomic mass is 9.79. The van der Waals surface area contributed by atoms with Crippen LogP contribution in [0.25, 0.3) is 0 Å². The van der Waals surface area contributed by atoms with Gasteiger partial charge in [-0.1, -0.05) is 6.07 Å². The van der Waals surface area contributed by atoms with Crippen LogP contribution in [0.4, 0.5) is 0 Å². The molecule has 30 heavy (non-hydrogen) atoms. The molecule has 5 rings (SSSR count). The summed E-state index contributed by atoms with van der Waals surface area (Å²) >= 11 is 1.60. The molecule has 5 heterocycles. The van der Waals surface area contributed by atoms with E-state index in [1.165, 1.54) is 11.8 Å². The van der Waals surface area contributed by atoms with Crippen molar-refractivity contribution in [2.24, 2.45) is 5.92 Å². The molecule has 1 aromatic rings. The first-order valence-electron chi connectivity index (χ1n) is 9.95. The molecule has 156 valence electrons. The van der Waals surface area contributed by atoms with Gasteiger partial charge in [0.25, 0.3) is 5.91 Å². The van der Waals surface area contributed by atoms with Gasteiger partial charge in [-0.05, 0) is 35.9 Å². The standard InChI is InChI=1S/C21H21N3O5S/c1-11(25)23-9-14-8-13(17(21(28)29)24-16(14)18(23)20(24)27)7-12-4-5-22(19(12)26)10-15-3-2-6-30-15/h2-3,6-7,14,16,18H,4-5,8-10H2,1H3,(H,28,29)/b12-7+/t14-,16-,18+/m1/s1. The van der Waals surface area contributed by atoms with Gasteiger partial charge in [-0.25, -0.2) is 4.79 Å². The topological polar surface area (TPSA) is 98.2 Å². The highest BCUT2D eigenvalue weighted by Gasteiger charge is 2.63. The van der Waals surface area contributed by atoms with Crippen molar-refractivity contribution >= 4 is 35.0 Å². The Labute approximate surface area is 177 Å². The highest BCUT2D eigenvalue weighted by Crippen LogP contribution is 2.47. The van der Waals surface area contributed by atoms with Crippen molar-refractivity contribution in [3.8, 4) is 0 Å². The lowest BCUT2D eigenvalue weighted by molar-refractivity contribution is -0.159. The van der Waals surface area contributed by atoms with E-state index in [-0.39, 0.29) is 35.4 Å². The third kappa shape index (κ3) is 2.72. The van der Waals surface area contributed by atoms with Gasteiger partial charge in [0.05, 0.1) is 12.6 Å². The zero-order valence-electron chi connectivity index (χ0n) is 16.4. The normalized spacial score (nSPS) is 29.0. The number of likely N-dealkylation sites (tertiary alicyclic amines) is 2. The number of carbonyl (C=O) groups excluding carboxylic acids is 3. The van der Waals surface area contributed by atoms with Crippen molar-refractivity contribution in [2.75, 3.05) is 13.1 Å². The summed E-state index contributed by atoms with van der Waals surface area (Å²) in [4.78, 5) is 55.3. The molecule has 9 heteroatoms. The molecule has 0 unspecified atom stereocenters. The number of nitrogens with zero attached hydrogens (tertiary/aromatic N) is 3. The average molecular weight is 427 g/mol. The third-order valence-electron chi connectivity index (χ3n) is 6.48. The highest BCUT2D eigenvalue weighted by atomic mass is 32.1. The monoisotopic (exact) mass is 427 g/mol. The molecule has 4 aliphatic rings. The van der Waals surface area contributed by atoms with E-state index in [0.29, 0.717) is 43.6 Å². The largest absolute Gasteiger partial charge is 0.477 e. The van der Waals surface area contributed by atoms with Crippen molar-refractivity contribution in [1.82, 2.24) is 14.7 Å². The van der Waals surface area contributed by atoms with Crippen LogP contribution in [-0.4, -0.2) is 68.7 Å². The SMILES string of the molecule is CC(=O)N1C[C@H]2CC(/C=C3\CCN(Cc4cccs4)C3=O)=C(C(=O)O)N3C(=O)[C@@H]1[C@@H]23. The van der Waals surface area contributed by atoms with Gasteiger partial charge in [-0.3, -0.25) is 19.3 Å². The van der Waals surface area contributed by atoms with Gasteiger partial charge < -0.3 is 14.9 Å². The summed E-state index contributed by atoms with van der Waals surface area (Å²) in [6.07, 6.45) is 2.66. The van der Waals surface area contributed by atoms with Crippen molar-refractivity contribution in [2.45, 2.75) is 38.4 Å². The second kappa shape index (κ2) is 6.80. The van der Waals surface area contributed by atoms with Crippen LogP contribution in [0, 0.1) is 5.92 Å². The molecule has 0 aliphatic carbocycles. The van der Waals surface area contributed by atoms with Crippen LogP contribution in [0.3, 0.4) is 0 Å². The van der Waals surface area contributed by atoms with Crippen LogP contribution in [-0.2, 0) is 25.7 Å². The molecule has 8 nitrogen and oxygen atoms in total. The number of hydrogen-bond donors (Lipinski definition) is 1. The zero-order chi connectivity index (χ0) is 21.2. The molecule has 0 saturated carbocycles. The summed E-state index contributed by atoms with van der Waals surface area (Å²) in [6.45, 7) is 3.00. The fourth-order valence-electron chi connectivity index (χ4n) is 5.18. The third-order valence-corrected chi connectivity index (χ3v) is 7.35. The summed E-state index contributed by atoms with van der Waals surface area (Å²) in [5.74, 6) is -1.79. The molecule has 3 amide bonds. The van der Waals surface area contributed by atoms with E-state index in [2.05, 4.69) is 0 Å². The van der Waals surface area contributed by atoms with Crippen molar-refractivity contribution in [3.63, 3.8) is 0 Å². The van der Waals surface area contributed by atoms with E-state index < -0.39 is 12.0 Å². The lowest BCUT2D eigenvalue weighted by Gasteiger charge is -2.49. The summed E-state index contributed by atoms with van der Waals surface area (Å²) in [5.41, 5.74) is 1.03. The molecule has 1 aromatic heterocycles. The lowest BCUT2D eigenvalue weighted by Crippen LogP contribution is -2.69. The number of hydrogen-bond acceptors (Lipinski definition) is 5. The van der Waals surface area contributed by atoms with E-state index in [1.54, 1.807) is 27.2 Å². The molecule has 4 aliphatic heterocycles. The Kier molecular flexibility index (Phi) is 4.32. The predicted octanol–water partition coefficient (Wildman–Crippen LogP) is 1.21. The first-order chi connectivity index (χ1) is 14.4. The smallest absolute Gasteiger partial charge is 0.352 e. The van der Waals surface area contributed by atoms with E-state index >= 15 is 0 Å². The molecular formula is C21H21N3O5S. The maximum atomic E-state index is 12.9. The molecular weight excluding hydrogens is 406 g/mol. The molecule has 0 radical (unpaired) electrons. The number of β-lactam (4-membered cyclic amide) rings is 1. The predicted molar refractivity (Wildman–Crippen MR) is 107 cm³/mol. The fourth-order valence-corrected chi connectivity index (χ4v) is 5.90. The number of thiophene rings is 1. The van der Waals surface area contributed by atoms with Crippen molar-refractivity contribution in [3.05, 3.63) is 45.3 Å². The van der Waals surface area contributed by atoms with Gasteiger partial charge in [0.2, 0.25) is 11.8 Å². The van der Waals surface area contributed by atoms with E-state index in [0.717, 1.165) is 4.88 Å². The summed E-state index contributed by atoms with van der Waals surface area (Å²) < 4.78 is 0. The molecule has 3 fully saturated rings. The average Bonchev–Trinajstić information content (AvgIpc) is 3.41. The summed E-state index contributed by atoms with van der Waals surface area (Å²) in [6, 6.07) is 3.11. The van der Waals surface area contributed by atoms with Crippen molar-refractivity contribution < 1.29 is 24.3 Å². The number of allylic oxidation sites excluding steroid dienone is 2. The summed E-state index contributed by atoms with van der Waals surface area (Å²) in [5, 5.41) is 11.8. The number of rotatable bonds is 4. The van der Waals surface area contributed by atoms with Crippen LogP contribution in [0.15, 0.2) is 40.4 Å². The fraction of sp³-hybridized carbons (Fsp3) is 0.429. The van der Waals surface area contributed by atoms with E-state index in [9.17, 15) is 24.3 Å². The van der Waals surface area contributed by atoms with E-state index in [4.69, 9.17) is 0 Å². The van der Waals surface area contributed by atoms with Crippen molar-refractivity contribution in [1.29, 1.82) is 0 Å². The summed E-state index contributed by atoms with van der Waals surface area (Å²) in [7, 11) is 0. The number of amides is 3. The van der Waals surface area contributed by atoms with Crippen LogP contribution in [0.2, 0.25) is 0 Å². The second-order valence-corrected chi connectivity index (χ2v) is 9.22. The maximum absolute atomic E-state index is 12.9. The minimum absolute atomic E-state index is 0.00900. The van der Waals surface area contributed by atoms with Crippen LogP contribution < -0.4 is 0 Å². The second-order valence-electron chi connectivity index (χ2n) is 8.18. The number of carbonyl (C=O) groups is 4. The van der Waals surface area contributed by atoms with Crippen LogP contribution in [0.5, 0.6) is 0 Å². The molecule has 0 spiro atoms. The molecule has 0 aromatic carbocycles. The Balaban J connectivity index is 1.44. The Hall–Kier alpha value is -2.94. The molecule has 0 bridgehead atoms. The minimum atomic E-state index is -1.17. The Bertz CT molecular complexity index is 1030. The van der Waals surface area contributed by atoms with Gasteiger partial charge in [0, 0.05) is 36.4 Å². The molecule has 1 N–H and O–H groups in total. The Morgan fingerprint density at radius 3 is 2.80 bits per heavy atom. The molecule has 3 saturated heterocycles. The highest BCUT2D eigenvalue weighted by molar-refractivity contribution is 7.09. The quantitative estimate of drug-likeness (QED) is 0.575. The van der Waals surface area contributed by atoms with Crippen LogP contribution in [0.1, 0.15) is 24.6 Å². The van der Waals surface area contributed by atoms with Gasteiger partial charge in [-0.15, -0.1) is 11.3 Å². The van der Waals surface area contributed by atoms with Crippen LogP contribution >= 0.6 is 11.3 Å². The number of carboxylic acid groups (broad SMARTS) is 1. The first-order valence-corrected chi connectivity index (χ1v) is 10.8.